The zero-order chi connectivity index (χ0) is 13.3. The summed E-state index contributed by atoms with van der Waals surface area (Å²) in [7, 11) is 0. The quantitative estimate of drug-likeness (QED) is 0.825. The van der Waals surface area contributed by atoms with Crippen LogP contribution in [0.4, 0.5) is 10.1 Å². The normalized spacial score (nSPS) is 10.4. The van der Waals surface area contributed by atoms with Crippen LogP contribution in [0.3, 0.4) is 0 Å². The van der Waals surface area contributed by atoms with E-state index < -0.39 is 5.82 Å². The minimum absolute atomic E-state index is 0.0150. The van der Waals surface area contributed by atoms with Crippen LogP contribution in [0, 0.1) is 26.6 Å². The van der Waals surface area contributed by atoms with Crippen LogP contribution in [0.5, 0.6) is 11.8 Å². The van der Waals surface area contributed by atoms with Gasteiger partial charge in [0.25, 0.3) is 0 Å². The molecule has 18 heavy (non-hydrogen) atoms. The lowest BCUT2D eigenvalue weighted by molar-refractivity contribution is 0.402. The number of hydrogen-bond donors (Lipinski definition) is 1. The van der Waals surface area contributed by atoms with Crippen LogP contribution in [0.1, 0.15) is 17.0 Å². The summed E-state index contributed by atoms with van der Waals surface area (Å²) in [5.74, 6) is -0.522. The van der Waals surface area contributed by atoms with Crippen LogP contribution < -0.4 is 10.5 Å². The molecule has 0 atom stereocenters. The summed E-state index contributed by atoms with van der Waals surface area (Å²) in [5, 5.41) is 7.61. The van der Waals surface area contributed by atoms with Crippen molar-refractivity contribution in [1.29, 1.82) is 0 Å². The highest BCUT2D eigenvalue weighted by Crippen LogP contribution is 2.26. The number of anilines is 1. The fourth-order valence-electron chi connectivity index (χ4n) is 1.33. The van der Waals surface area contributed by atoms with Gasteiger partial charge in [0, 0.05) is 11.8 Å². The fourth-order valence-corrected chi connectivity index (χ4v) is 1.33. The molecule has 0 bridgehead atoms. The number of halogens is 1. The Kier molecular flexibility index (Phi) is 3.10. The van der Waals surface area contributed by atoms with Crippen molar-refractivity contribution >= 4 is 5.69 Å². The van der Waals surface area contributed by atoms with Crippen molar-refractivity contribution in [2.24, 2.45) is 0 Å². The Bertz CT molecular complexity index is 601. The summed E-state index contributed by atoms with van der Waals surface area (Å²) >= 11 is 0. The first kappa shape index (κ1) is 12.2. The molecule has 0 saturated heterocycles. The molecule has 0 spiro atoms. The molecule has 0 aliphatic carbocycles. The average Bonchev–Trinajstić information content (AvgIpc) is 2.31. The largest absolute Gasteiger partial charge is 0.420 e. The molecule has 0 aliphatic heterocycles. The van der Waals surface area contributed by atoms with Crippen LogP contribution in [0.15, 0.2) is 12.1 Å². The molecule has 1 heterocycles. The molecule has 6 heteroatoms. The number of nitrogens with two attached hydrogens (primary N) is 1. The summed E-state index contributed by atoms with van der Waals surface area (Å²) in [6.07, 6.45) is 0. The zero-order valence-corrected chi connectivity index (χ0v) is 10.4. The smallest absolute Gasteiger partial charge is 0.341 e. The number of benzene rings is 1. The van der Waals surface area contributed by atoms with Crippen LogP contribution in [-0.4, -0.2) is 15.2 Å². The number of aromatic nitrogens is 3. The number of aryl methyl sites for hydroxylation is 3. The van der Waals surface area contributed by atoms with Gasteiger partial charge in [-0.25, -0.2) is 4.39 Å². The molecular formula is C12H13FN4O. The van der Waals surface area contributed by atoms with E-state index in [1.807, 2.05) is 0 Å². The molecule has 0 aliphatic rings. The monoisotopic (exact) mass is 248 g/mol. The highest BCUT2D eigenvalue weighted by atomic mass is 19.1. The van der Waals surface area contributed by atoms with Crippen LogP contribution in [-0.2, 0) is 0 Å². The Labute approximate surface area is 104 Å². The van der Waals surface area contributed by atoms with Crippen molar-refractivity contribution in [3.63, 3.8) is 0 Å². The topological polar surface area (TPSA) is 73.9 Å². The maximum atomic E-state index is 13.6. The molecular weight excluding hydrogens is 235 g/mol. The van der Waals surface area contributed by atoms with Crippen molar-refractivity contribution in [3.05, 3.63) is 34.9 Å². The van der Waals surface area contributed by atoms with E-state index in [2.05, 4.69) is 15.2 Å². The molecule has 2 aromatic rings. The van der Waals surface area contributed by atoms with Gasteiger partial charge in [0.05, 0.1) is 11.4 Å². The second-order valence-corrected chi connectivity index (χ2v) is 4.01. The maximum Gasteiger partial charge on any atom is 0.341 e. The van der Waals surface area contributed by atoms with Gasteiger partial charge < -0.3 is 10.5 Å². The van der Waals surface area contributed by atoms with Crippen molar-refractivity contribution < 1.29 is 9.13 Å². The Morgan fingerprint density at radius 3 is 2.50 bits per heavy atom. The van der Waals surface area contributed by atoms with Gasteiger partial charge in [-0.15, -0.1) is 5.10 Å². The van der Waals surface area contributed by atoms with Crippen LogP contribution in [0.25, 0.3) is 0 Å². The van der Waals surface area contributed by atoms with Gasteiger partial charge in [0.1, 0.15) is 0 Å². The van der Waals surface area contributed by atoms with E-state index in [4.69, 9.17) is 10.5 Å². The zero-order valence-electron chi connectivity index (χ0n) is 10.4. The first-order valence-electron chi connectivity index (χ1n) is 5.39. The Balaban J connectivity index is 2.34. The van der Waals surface area contributed by atoms with E-state index in [9.17, 15) is 4.39 Å². The molecule has 0 fully saturated rings. The Hall–Kier alpha value is -2.24. The van der Waals surface area contributed by atoms with Crippen LogP contribution in [0.2, 0.25) is 0 Å². The molecule has 2 N–H and O–H groups in total. The molecule has 5 nitrogen and oxygen atoms in total. The van der Waals surface area contributed by atoms with E-state index >= 15 is 0 Å². The van der Waals surface area contributed by atoms with E-state index in [1.165, 1.54) is 12.1 Å². The number of ether oxygens (including phenoxy) is 1. The predicted octanol–water partition coefficient (Wildman–Crippen LogP) is 2.31. The third kappa shape index (κ3) is 2.37. The minimum atomic E-state index is -0.556. The van der Waals surface area contributed by atoms with Crippen molar-refractivity contribution in [3.8, 4) is 11.8 Å². The SMILES string of the molecule is Cc1cc(Oc2nnc(C)c(C)n2)c(F)cc1N. The molecule has 1 aromatic heterocycles. The summed E-state index contributed by atoms with van der Waals surface area (Å²) in [6.45, 7) is 5.33. The molecule has 0 saturated carbocycles. The van der Waals surface area contributed by atoms with E-state index in [1.54, 1.807) is 20.8 Å². The third-order valence-electron chi connectivity index (χ3n) is 2.59. The number of hydrogen-bond acceptors (Lipinski definition) is 5. The lowest BCUT2D eigenvalue weighted by atomic mass is 10.2. The number of nitrogen functional groups attached to an aromatic ring is 1. The lowest BCUT2D eigenvalue weighted by Gasteiger charge is -2.08. The van der Waals surface area contributed by atoms with Gasteiger partial charge in [-0.2, -0.15) is 4.98 Å². The number of nitrogens with zero attached hydrogens (tertiary/aromatic N) is 3. The minimum Gasteiger partial charge on any atom is -0.420 e. The maximum absolute atomic E-state index is 13.6. The summed E-state index contributed by atoms with van der Waals surface area (Å²) < 4.78 is 18.9. The molecule has 0 radical (unpaired) electrons. The first-order valence-corrected chi connectivity index (χ1v) is 5.39. The van der Waals surface area contributed by atoms with Gasteiger partial charge in [-0.05, 0) is 32.4 Å². The van der Waals surface area contributed by atoms with Gasteiger partial charge in [-0.3, -0.25) is 0 Å². The van der Waals surface area contributed by atoms with Crippen molar-refractivity contribution in [2.75, 3.05) is 5.73 Å². The second kappa shape index (κ2) is 4.56. The van der Waals surface area contributed by atoms with Gasteiger partial charge in [-0.1, -0.05) is 5.10 Å². The van der Waals surface area contributed by atoms with Crippen LogP contribution >= 0.6 is 0 Å². The summed E-state index contributed by atoms with van der Waals surface area (Å²) in [5.41, 5.74) is 8.08. The van der Waals surface area contributed by atoms with E-state index in [0.717, 1.165) is 5.56 Å². The van der Waals surface area contributed by atoms with Gasteiger partial charge in [0.15, 0.2) is 11.6 Å². The van der Waals surface area contributed by atoms with E-state index in [-0.39, 0.29) is 11.8 Å². The molecule has 94 valence electrons. The molecule has 2 rings (SSSR count). The lowest BCUT2D eigenvalue weighted by Crippen LogP contribution is -2.01. The molecule has 0 amide bonds. The van der Waals surface area contributed by atoms with Crippen molar-refractivity contribution in [1.82, 2.24) is 15.2 Å². The average molecular weight is 248 g/mol. The Morgan fingerprint density at radius 1 is 1.11 bits per heavy atom. The first-order chi connectivity index (χ1) is 8.47. The highest BCUT2D eigenvalue weighted by Gasteiger charge is 2.10. The standard InChI is InChI=1S/C12H13FN4O/c1-6-4-11(9(13)5-10(6)14)18-12-15-7(2)8(3)16-17-12/h4-5H,14H2,1-3H3. The van der Waals surface area contributed by atoms with Gasteiger partial charge in [0.2, 0.25) is 0 Å². The number of rotatable bonds is 2. The molecule has 1 aromatic carbocycles. The van der Waals surface area contributed by atoms with Gasteiger partial charge >= 0.3 is 6.01 Å². The molecule has 0 unspecified atom stereocenters. The third-order valence-corrected chi connectivity index (χ3v) is 2.59. The summed E-state index contributed by atoms with van der Waals surface area (Å²) in [6, 6.07) is 2.73. The highest BCUT2D eigenvalue weighted by molar-refractivity contribution is 5.50. The van der Waals surface area contributed by atoms with E-state index in [0.29, 0.717) is 17.1 Å². The second-order valence-electron chi connectivity index (χ2n) is 4.01. The van der Waals surface area contributed by atoms with Crippen molar-refractivity contribution in [2.45, 2.75) is 20.8 Å². The predicted molar refractivity (Wildman–Crippen MR) is 64.9 cm³/mol. The fraction of sp³-hybridized carbons (Fsp3) is 0.250. The summed E-state index contributed by atoms with van der Waals surface area (Å²) in [4.78, 5) is 4.07. The Morgan fingerprint density at radius 2 is 1.83 bits per heavy atom.